The smallest absolute Gasteiger partial charge is 0.145 e. The van der Waals surface area contributed by atoms with Crippen LogP contribution in [-0.4, -0.2) is 34.2 Å². The summed E-state index contributed by atoms with van der Waals surface area (Å²) in [6.45, 7) is 2.39. The van der Waals surface area contributed by atoms with Gasteiger partial charge in [0.25, 0.3) is 0 Å². The Labute approximate surface area is 62.3 Å². The summed E-state index contributed by atoms with van der Waals surface area (Å²) in [5, 5.41) is 0. The fourth-order valence-corrected chi connectivity index (χ4v) is 0.628. The van der Waals surface area contributed by atoms with Gasteiger partial charge in [0.1, 0.15) is 6.79 Å². The van der Waals surface area contributed by atoms with Crippen molar-refractivity contribution < 1.29 is 14.2 Å². The van der Waals surface area contributed by atoms with Crippen LogP contribution in [0.2, 0.25) is 0 Å². The Hall–Kier alpha value is -0.120. The van der Waals surface area contributed by atoms with Crippen molar-refractivity contribution in [3.8, 4) is 0 Å². The maximum atomic E-state index is 4.94. The summed E-state index contributed by atoms with van der Waals surface area (Å²) in [5.74, 6) is 0. The number of ether oxygens (including phenoxy) is 3. The summed E-state index contributed by atoms with van der Waals surface area (Å²) in [5.41, 5.74) is 0. The highest BCUT2D eigenvalue weighted by atomic mass is 16.6. The van der Waals surface area contributed by atoms with E-state index in [4.69, 9.17) is 4.74 Å². The van der Waals surface area contributed by atoms with Crippen LogP contribution >= 0.6 is 0 Å². The van der Waals surface area contributed by atoms with Gasteiger partial charge in [-0.15, -0.1) is 0 Å². The Morgan fingerprint density at radius 3 is 1.70 bits per heavy atom. The van der Waals surface area contributed by atoms with Crippen molar-refractivity contribution in [2.45, 2.75) is 12.8 Å². The average molecular weight is 148 g/mol. The fourth-order valence-electron chi connectivity index (χ4n) is 0.628. The van der Waals surface area contributed by atoms with Crippen molar-refractivity contribution in [3.05, 3.63) is 0 Å². The van der Waals surface area contributed by atoms with Gasteiger partial charge in [0.2, 0.25) is 0 Å². The summed E-state index contributed by atoms with van der Waals surface area (Å²) in [4.78, 5) is 0. The van der Waals surface area contributed by atoms with Gasteiger partial charge in [0.15, 0.2) is 0 Å². The van der Waals surface area contributed by atoms with Gasteiger partial charge in [-0.2, -0.15) is 0 Å². The fraction of sp³-hybridized carbons (Fsp3) is 1.00. The third-order valence-electron chi connectivity index (χ3n) is 1.06. The van der Waals surface area contributed by atoms with E-state index >= 15 is 0 Å². The van der Waals surface area contributed by atoms with Crippen LogP contribution in [0.4, 0.5) is 0 Å². The van der Waals surface area contributed by atoms with Crippen molar-refractivity contribution in [1.82, 2.24) is 0 Å². The Morgan fingerprint density at radius 2 is 1.60 bits per heavy atom. The minimum Gasteiger partial charge on any atom is -0.381 e. The number of hydrogen-bond donors (Lipinski definition) is 0. The molecule has 0 aliphatic carbocycles. The molecule has 3 heteroatoms. The lowest BCUT2D eigenvalue weighted by atomic mass is 10.4. The first kappa shape index (κ1) is 9.88. The van der Waals surface area contributed by atoms with Gasteiger partial charge in [0, 0.05) is 27.4 Å². The van der Waals surface area contributed by atoms with E-state index in [2.05, 4.69) is 9.47 Å². The molecule has 0 N–H and O–H groups in total. The molecule has 0 saturated carbocycles. The Bertz CT molecular complexity index is 43.2. The Kier molecular flexibility index (Phi) is 8.77. The van der Waals surface area contributed by atoms with Crippen LogP contribution in [-0.2, 0) is 14.2 Å². The first-order valence-corrected chi connectivity index (χ1v) is 3.47. The summed E-state index contributed by atoms with van der Waals surface area (Å²) in [7, 11) is 3.17. The standard InChI is InChI=1S/C4H8O.C3H8O2/c1-2-4-5-3-1;1-4-3-5-2/h1-4H2;3H2,1-2H3. The minimum atomic E-state index is 0.389. The van der Waals surface area contributed by atoms with Crippen molar-refractivity contribution in [2.75, 3.05) is 34.2 Å². The summed E-state index contributed by atoms with van der Waals surface area (Å²) in [6.07, 6.45) is 2.56. The zero-order chi connectivity index (χ0) is 7.66. The molecule has 0 radical (unpaired) electrons. The van der Waals surface area contributed by atoms with Crippen LogP contribution in [0.25, 0.3) is 0 Å². The minimum absolute atomic E-state index is 0.389. The van der Waals surface area contributed by atoms with E-state index < -0.39 is 0 Å². The molecule has 0 atom stereocenters. The quantitative estimate of drug-likeness (QED) is 0.547. The van der Waals surface area contributed by atoms with Crippen LogP contribution in [0, 0.1) is 0 Å². The molecule has 62 valence electrons. The number of rotatable bonds is 2. The SMILES string of the molecule is C1CCOC1.COCOC. The van der Waals surface area contributed by atoms with Crippen LogP contribution in [0.15, 0.2) is 0 Å². The van der Waals surface area contributed by atoms with Gasteiger partial charge >= 0.3 is 0 Å². The highest BCUT2D eigenvalue weighted by Gasteiger charge is 1.94. The van der Waals surface area contributed by atoms with Crippen molar-refractivity contribution in [2.24, 2.45) is 0 Å². The van der Waals surface area contributed by atoms with Crippen LogP contribution in [0.5, 0.6) is 0 Å². The maximum absolute atomic E-state index is 4.94. The second kappa shape index (κ2) is 8.88. The van der Waals surface area contributed by atoms with E-state index in [-0.39, 0.29) is 0 Å². The number of methoxy groups -OCH3 is 2. The molecule has 0 spiro atoms. The molecular weight excluding hydrogens is 132 g/mol. The molecule has 1 rings (SSSR count). The monoisotopic (exact) mass is 148 g/mol. The lowest BCUT2D eigenvalue weighted by Crippen LogP contribution is -1.87. The van der Waals surface area contributed by atoms with E-state index in [0.29, 0.717) is 6.79 Å². The lowest BCUT2D eigenvalue weighted by molar-refractivity contribution is -0.00271. The summed E-state index contributed by atoms with van der Waals surface area (Å²) >= 11 is 0. The highest BCUT2D eigenvalue weighted by Crippen LogP contribution is 1.98. The molecule has 0 unspecified atom stereocenters. The van der Waals surface area contributed by atoms with Gasteiger partial charge in [-0.25, -0.2) is 0 Å². The molecular formula is C7H16O3. The molecule has 0 aromatic heterocycles. The van der Waals surface area contributed by atoms with Gasteiger partial charge < -0.3 is 14.2 Å². The molecule has 0 bridgehead atoms. The molecule has 0 aromatic rings. The number of hydrogen-bond acceptors (Lipinski definition) is 3. The van der Waals surface area contributed by atoms with Crippen molar-refractivity contribution in [1.29, 1.82) is 0 Å². The molecule has 1 aliphatic rings. The van der Waals surface area contributed by atoms with E-state index in [0.717, 1.165) is 13.2 Å². The van der Waals surface area contributed by atoms with E-state index in [9.17, 15) is 0 Å². The third kappa shape index (κ3) is 7.88. The normalized spacial score (nSPS) is 16.2. The van der Waals surface area contributed by atoms with E-state index in [1.54, 1.807) is 14.2 Å². The Balaban J connectivity index is 0.000000162. The first-order chi connectivity index (χ1) is 4.91. The third-order valence-corrected chi connectivity index (χ3v) is 1.06. The van der Waals surface area contributed by atoms with Crippen LogP contribution < -0.4 is 0 Å². The largest absolute Gasteiger partial charge is 0.381 e. The topological polar surface area (TPSA) is 27.7 Å². The van der Waals surface area contributed by atoms with E-state index in [1.807, 2.05) is 0 Å². The zero-order valence-corrected chi connectivity index (χ0v) is 6.76. The second-order valence-corrected chi connectivity index (χ2v) is 2.01. The maximum Gasteiger partial charge on any atom is 0.145 e. The van der Waals surface area contributed by atoms with Gasteiger partial charge in [0.05, 0.1) is 0 Å². The summed E-state index contributed by atoms with van der Waals surface area (Å²) < 4.78 is 13.9. The lowest BCUT2D eigenvalue weighted by Gasteiger charge is -1.87. The molecule has 0 amide bonds. The molecule has 0 aromatic carbocycles. The van der Waals surface area contributed by atoms with Crippen molar-refractivity contribution in [3.63, 3.8) is 0 Å². The van der Waals surface area contributed by atoms with Crippen molar-refractivity contribution >= 4 is 0 Å². The molecule has 10 heavy (non-hydrogen) atoms. The highest BCUT2D eigenvalue weighted by molar-refractivity contribution is 4.43. The van der Waals surface area contributed by atoms with Gasteiger partial charge in [-0.1, -0.05) is 0 Å². The van der Waals surface area contributed by atoms with Gasteiger partial charge in [-0.3, -0.25) is 0 Å². The molecule has 1 fully saturated rings. The Morgan fingerprint density at radius 1 is 1.10 bits per heavy atom. The first-order valence-electron chi connectivity index (χ1n) is 3.47. The van der Waals surface area contributed by atoms with E-state index in [1.165, 1.54) is 12.8 Å². The molecule has 3 nitrogen and oxygen atoms in total. The predicted octanol–water partition coefficient (Wildman–Crippen LogP) is 1.03. The van der Waals surface area contributed by atoms with Crippen LogP contribution in [0.1, 0.15) is 12.8 Å². The molecule has 1 heterocycles. The summed E-state index contributed by atoms with van der Waals surface area (Å²) in [6, 6.07) is 0. The van der Waals surface area contributed by atoms with Crippen LogP contribution in [0.3, 0.4) is 0 Å². The predicted molar refractivity (Wildman–Crippen MR) is 38.9 cm³/mol. The molecule has 1 saturated heterocycles. The zero-order valence-electron chi connectivity index (χ0n) is 6.76. The van der Waals surface area contributed by atoms with Gasteiger partial charge in [-0.05, 0) is 12.8 Å². The molecule has 1 aliphatic heterocycles. The second-order valence-electron chi connectivity index (χ2n) is 2.01. The average Bonchev–Trinajstić information content (AvgIpc) is 2.44.